The summed E-state index contributed by atoms with van der Waals surface area (Å²) in [6.45, 7) is 1.83. The largest absolute Gasteiger partial charge is 0.338 e. The molecule has 0 bridgehead atoms. The fraction of sp³-hybridized carbons (Fsp3) is 0.125. The van der Waals surface area contributed by atoms with Gasteiger partial charge in [0.05, 0.1) is 5.25 Å². The van der Waals surface area contributed by atoms with E-state index in [0.29, 0.717) is 16.6 Å². The van der Waals surface area contributed by atoms with Crippen LogP contribution in [0.2, 0.25) is 0 Å². The topological polar surface area (TPSA) is 38.9 Å². The molecular formula is C16H12F2N2OS. The Hall–Kier alpha value is -2.21. The van der Waals surface area contributed by atoms with Crippen molar-refractivity contribution in [2.75, 3.05) is 0 Å². The predicted octanol–water partition coefficient (Wildman–Crippen LogP) is 4.87. The van der Waals surface area contributed by atoms with Crippen molar-refractivity contribution in [1.29, 1.82) is 0 Å². The van der Waals surface area contributed by atoms with Gasteiger partial charge in [-0.15, -0.1) is 11.8 Å². The zero-order chi connectivity index (χ0) is 15.5. The molecule has 1 unspecified atom stereocenters. The van der Waals surface area contributed by atoms with Crippen LogP contribution in [-0.2, 0) is 0 Å². The summed E-state index contributed by atoms with van der Waals surface area (Å²) in [5.41, 5.74) is 0.850. The monoisotopic (exact) mass is 318 g/mol. The van der Waals surface area contributed by atoms with Gasteiger partial charge in [0.2, 0.25) is 11.7 Å². The van der Waals surface area contributed by atoms with E-state index < -0.39 is 11.6 Å². The molecule has 2 aromatic carbocycles. The highest BCUT2D eigenvalue weighted by Crippen LogP contribution is 2.36. The first-order valence-corrected chi connectivity index (χ1v) is 7.52. The lowest BCUT2D eigenvalue weighted by atomic mass is 10.2. The van der Waals surface area contributed by atoms with E-state index in [1.807, 2.05) is 37.3 Å². The highest BCUT2D eigenvalue weighted by atomic mass is 32.2. The van der Waals surface area contributed by atoms with Gasteiger partial charge in [0, 0.05) is 16.5 Å². The molecule has 6 heteroatoms. The second-order valence-corrected chi connectivity index (χ2v) is 6.04. The van der Waals surface area contributed by atoms with Crippen molar-refractivity contribution in [2.45, 2.75) is 17.1 Å². The summed E-state index contributed by atoms with van der Waals surface area (Å²) in [7, 11) is 0. The van der Waals surface area contributed by atoms with E-state index in [0.717, 1.165) is 11.6 Å². The third-order valence-corrected chi connectivity index (χ3v) is 4.16. The Morgan fingerprint density at radius 1 is 1.09 bits per heavy atom. The summed E-state index contributed by atoms with van der Waals surface area (Å²) in [5, 5.41) is 3.69. The van der Waals surface area contributed by atoms with E-state index in [4.69, 9.17) is 4.52 Å². The zero-order valence-electron chi connectivity index (χ0n) is 11.7. The van der Waals surface area contributed by atoms with Crippen LogP contribution in [0.25, 0.3) is 11.4 Å². The van der Waals surface area contributed by atoms with Crippen LogP contribution >= 0.6 is 11.8 Å². The van der Waals surface area contributed by atoms with E-state index in [2.05, 4.69) is 10.1 Å². The van der Waals surface area contributed by atoms with Gasteiger partial charge in [-0.3, -0.25) is 0 Å². The van der Waals surface area contributed by atoms with E-state index in [1.165, 1.54) is 23.9 Å². The van der Waals surface area contributed by atoms with E-state index in [1.54, 1.807) is 0 Å². The van der Waals surface area contributed by atoms with E-state index in [-0.39, 0.29) is 5.25 Å². The second kappa shape index (κ2) is 6.27. The fourth-order valence-electron chi connectivity index (χ4n) is 1.92. The molecule has 0 saturated heterocycles. The lowest BCUT2D eigenvalue weighted by Gasteiger charge is -2.07. The summed E-state index contributed by atoms with van der Waals surface area (Å²) in [6, 6.07) is 12.9. The molecule has 0 aliphatic rings. The summed E-state index contributed by atoms with van der Waals surface area (Å²) >= 11 is 1.20. The average molecular weight is 318 g/mol. The normalized spacial score (nSPS) is 12.3. The van der Waals surface area contributed by atoms with Crippen LogP contribution in [0, 0.1) is 11.6 Å². The number of halogens is 2. The van der Waals surface area contributed by atoms with Crippen LogP contribution in [0.1, 0.15) is 18.1 Å². The van der Waals surface area contributed by atoms with E-state index >= 15 is 0 Å². The SMILES string of the molecule is CC(Sc1ccc(F)cc1F)c1nc(-c2ccccc2)no1. The molecule has 0 aliphatic heterocycles. The molecule has 0 fully saturated rings. The van der Waals surface area contributed by atoms with Gasteiger partial charge in [-0.05, 0) is 19.1 Å². The number of rotatable bonds is 4. The standard InChI is InChI=1S/C16H12F2N2OS/c1-10(22-14-8-7-12(17)9-13(14)18)16-19-15(20-21-16)11-5-3-2-4-6-11/h2-10H,1H3. The summed E-state index contributed by atoms with van der Waals surface area (Å²) in [6.07, 6.45) is 0. The van der Waals surface area contributed by atoms with Crippen LogP contribution in [0.15, 0.2) is 57.9 Å². The molecule has 22 heavy (non-hydrogen) atoms. The molecule has 1 aromatic heterocycles. The third kappa shape index (κ3) is 3.17. The maximum Gasteiger partial charge on any atom is 0.240 e. The first kappa shape index (κ1) is 14.7. The van der Waals surface area contributed by atoms with Gasteiger partial charge in [0.25, 0.3) is 0 Å². The van der Waals surface area contributed by atoms with Crippen molar-refractivity contribution in [3.05, 3.63) is 66.1 Å². The Bertz CT molecular complexity index is 777. The number of aromatic nitrogens is 2. The highest BCUT2D eigenvalue weighted by molar-refractivity contribution is 7.99. The Kier molecular flexibility index (Phi) is 4.20. The molecule has 0 saturated carbocycles. The van der Waals surface area contributed by atoms with Gasteiger partial charge in [-0.25, -0.2) is 8.78 Å². The summed E-state index contributed by atoms with van der Waals surface area (Å²) in [4.78, 5) is 4.67. The molecule has 0 N–H and O–H groups in total. The molecule has 3 rings (SSSR count). The van der Waals surface area contributed by atoms with Gasteiger partial charge >= 0.3 is 0 Å². The van der Waals surface area contributed by atoms with Gasteiger partial charge in [-0.1, -0.05) is 35.5 Å². The predicted molar refractivity (Wildman–Crippen MR) is 80.4 cm³/mol. The molecule has 3 aromatic rings. The number of nitrogens with zero attached hydrogens (tertiary/aromatic N) is 2. The molecule has 0 spiro atoms. The molecule has 0 radical (unpaired) electrons. The van der Waals surface area contributed by atoms with Crippen molar-refractivity contribution < 1.29 is 13.3 Å². The first-order valence-electron chi connectivity index (χ1n) is 6.64. The molecule has 0 amide bonds. The van der Waals surface area contributed by atoms with Crippen molar-refractivity contribution >= 4 is 11.8 Å². The zero-order valence-corrected chi connectivity index (χ0v) is 12.5. The summed E-state index contributed by atoms with van der Waals surface area (Å²) < 4.78 is 31.8. The lowest BCUT2D eigenvalue weighted by Crippen LogP contribution is -1.91. The molecule has 0 aliphatic carbocycles. The first-order chi connectivity index (χ1) is 10.6. The van der Waals surface area contributed by atoms with Crippen molar-refractivity contribution in [3.63, 3.8) is 0 Å². The fourth-order valence-corrected chi connectivity index (χ4v) is 2.81. The Labute approximate surface area is 130 Å². The number of thioether (sulfide) groups is 1. The second-order valence-electron chi connectivity index (χ2n) is 4.66. The van der Waals surface area contributed by atoms with Crippen LogP contribution in [0.3, 0.4) is 0 Å². The van der Waals surface area contributed by atoms with E-state index in [9.17, 15) is 8.78 Å². The quantitative estimate of drug-likeness (QED) is 0.643. The number of hydrogen-bond donors (Lipinski definition) is 0. The van der Waals surface area contributed by atoms with Crippen LogP contribution in [0.4, 0.5) is 8.78 Å². The van der Waals surface area contributed by atoms with Crippen molar-refractivity contribution in [3.8, 4) is 11.4 Å². The van der Waals surface area contributed by atoms with Crippen LogP contribution in [0.5, 0.6) is 0 Å². The Balaban J connectivity index is 1.78. The smallest absolute Gasteiger partial charge is 0.240 e. The lowest BCUT2D eigenvalue weighted by molar-refractivity contribution is 0.380. The Morgan fingerprint density at radius 2 is 1.86 bits per heavy atom. The van der Waals surface area contributed by atoms with Gasteiger partial charge in [0.15, 0.2) is 0 Å². The molecule has 1 heterocycles. The van der Waals surface area contributed by atoms with Crippen LogP contribution < -0.4 is 0 Å². The van der Waals surface area contributed by atoms with Crippen LogP contribution in [-0.4, -0.2) is 10.1 Å². The maximum absolute atomic E-state index is 13.7. The minimum atomic E-state index is -0.598. The number of hydrogen-bond acceptors (Lipinski definition) is 4. The van der Waals surface area contributed by atoms with Gasteiger partial charge in [-0.2, -0.15) is 4.98 Å². The Morgan fingerprint density at radius 3 is 2.59 bits per heavy atom. The third-order valence-electron chi connectivity index (χ3n) is 3.02. The molecule has 112 valence electrons. The molecule has 1 atom stereocenters. The van der Waals surface area contributed by atoms with Gasteiger partial charge < -0.3 is 4.52 Å². The minimum Gasteiger partial charge on any atom is -0.338 e. The minimum absolute atomic E-state index is 0.245. The van der Waals surface area contributed by atoms with Crippen molar-refractivity contribution in [1.82, 2.24) is 10.1 Å². The average Bonchev–Trinajstić information content (AvgIpc) is 3.01. The molecule has 3 nitrogen and oxygen atoms in total. The van der Waals surface area contributed by atoms with Gasteiger partial charge in [0.1, 0.15) is 11.6 Å². The van der Waals surface area contributed by atoms with Crippen molar-refractivity contribution in [2.24, 2.45) is 0 Å². The number of benzene rings is 2. The highest BCUT2D eigenvalue weighted by Gasteiger charge is 2.18. The summed E-state index contributed by atoms with van der Waals surface area (Å²) in [5.74, 6) is -0.312. The molecular weight excluding hydrogens is 306 g/mol. The maximum atomic E-state index is 13.7.